The number of fused-ring (bicyclic) bond motifs is 2. The summed E-state index contributed by atoms with van der Waals surface area (Å²) < 4.78 is 0. The SMILES string of the molecule is O=C(Nc1cncc(-c2ccc3[nH]nc(-c4cc5c(-c6ccccn6)nccc5[nH]4)c3n2)c1)C1CCCC1. The molecule has 186 valence electrons. The number of rotatable bonds is 5. The number of nitrogens with zero attached hydrogens (tertiary/aromatic N) is 5. The van der Waals surface area contributed by atoms with Gasteiger partial charge in [-0.1, -0.05) is 18.9 Å². The zero-order valence-electron chi connectivity index (χ0n) is 20.5. The Morgan fingerprint density at radius 2 is 1.82 bits per heavy atom. The van der Waals surface area contributed by atoms with Crippen LogP contribution in [-0.4, -0.2) is 41.0 Å². The molecule has 6 aromatic rings. The van der Waals surface area contributed by atoms with Gasteiger partial charge in [0, 0.05) is 41.0 Å². The number of hydrogen-bond acceptors (Lipinski definition) is 6. The summed E-state index contributed by atoms with van der Waals surface area (Å²) in [6.07, 6.45) is 11.1. The molecule has 0 aliphatic heterocycles. The normalized spacial score (nSPS) is 13.9. The minimum Gasteiger partial charge on any atom is -0.353 e. The van der Waals surface area contributed by atoms with Crippen LogP contribution in [0.5, 0.6) is 0 Å². The van der Waals surface area contributed by atoms with Gasteiger partial charge in [-0.3, -0.25) is 24.8 Å². The Labute approximate surface area is 217 Å². The van der Waals surface area contributed by atoms with Gasteiger partial charge in [0.15, 0.2) is 0 Å². The molecule has 38 heavy (non-hydrogen) atoms. The van der Waals surface area contributed by atoms with Crippen molar-refractivity contribution in [2.45, 2.75) is 25.7 Å². The maximum Gasteiger partial charge on any atom is 0.227 e. The standard InChI is InChI=1S/C29H24N8O/c38-29(17-5-1-2-6-17)33-19-13-18(15-30-16-19)21-8-9-24-27(35-21)28(37-36-24)25-14-20-22(34-25)10-12-32-26(20)23-7-3-4-11-31-23/h3-4,7-17,34H,1-2,5-6H2,(H,33,38)(H,36,37). The first kappa shape index (κ1) is 22.3. The molecule has 0 bridgehead atoms. The molecule has 1 amide bonds. The Bertz CT molecular complexity index is 1780. The highest BCUT2D eigenvalue weighted by molar-refractivity contribution is 5.99. The molecule has 1 fully saturated rings. The summed E-state index contributed by atoms with van der Waals surface area (Å²) in [7, 11) is 0. The van der Waals surface area contributed by atoms with Gasteiger partial charge in [0.25, 0.3) is 0 Å². The van der Waals surface area contributed by atoms with Crippen molar-refractivity contribution in [3.8, 4) is 34.0 Å². The van der Waals surface area contributed by atoms with Crippen LogP contribution in [0.3, 0.4) is 0 Å². The quantitative estimate of drug-likeness (QED) is 0.277. The van der Waals surface area contributed by atoms with Gasteiger partial charge in [-0.25, -0.2) is 4.98 Å². The van der Waals surface area contributed by atoms with Crippen LogP contribution in [0, 0.1) is 5.92 Å². The summed E-state index contributed by atoms with van der Waals surface area (Å²) in [4.78, 5) is 34.4. The zero-order valence-corrected chi connectivity index (χ0v) is 20.5. The number of aromatic nitrogens is 7. The summed E-state index contributed by atoms with van der Waals surface area (Å²) in [5.41, 5.74) is 7.91. The second-order valence-corrected chi connectivity index (χ2v) is 9.62. The highest BCUT2D eigenvalue weighted by Crippen LogP contribution is 2.33. The fourth-order valence-corrected chi connectivity index (χ4v) is 5.22. The third kappa shape index (κ3) is 3.98. The van der Waals surface area contributed by atoms with Crippen molar-refractivity contribution < 1.29 is 4.79 Å². The second kappa shape index (κ2) is 9.19. The number of carbonyl (C=O) groups excluding carboxylic acids is 1. The molecule has 9 heteroatoms. The van der Waals surface area contributed by atoms with Crippen LogP contribution in [0.2, 0.25) is 0 Å². The summed E-state index contributed by atoms with van der Waals surface area (Å²) in [5, 5.41) is 11.7. The average Bonchev–Trinajstić information content (AvgIpc) is 3.73. The molecule has 7 rings (SSSR count). The van der Waals surface area contributed by atoms with Crippen LogP contribution < -0.4 is 5.32 Å². The molecule has 1 saturated carbocycles. The predicted molar refractivity (Wildman–Crippen MR) is 146 cm³/mol. The molecular weight excluding hydrogens is 476 g/mol. The third-order valence-corrected chi connectivity index (χ3v) is 7.15. The average molecular weight is 501 g/mol. The van der Waals surface area contributed by atoms with Crippen molar-refractivity contribution in [1.29, 1.82) is 0 Å². The van der Waals surface area contributed by atoms with Crippen LogP contribution >= 0.6 is 0 Å². The molecule has 9 nitrogen and oxygen atoms in total. The van der Waals surface area contributed by atoms with E-state index in [-0.39, 0.29) is 11.8 Å². The number of nitrogens with one attached hydrogen (secondary N) is 3. The fraction of sp³-hybridized carbons (Fsp3) is 0.172. The molecule has 0 atom stereocenters. The Hall–Kier alpha value is -4.92. The number of carbonyl (C=O) groups is 1. The number of anilines is 1. The number of amides is 1. The van der Waals surface area contributed by atoms with Gasteiger partial charge >= 0.3 is 0 Å². The van der Waals surface area contributed by atoms with Crippen molar-refractivity contribution in [2.24, 2.45) is 5.92 Å². The topological polar surface area (TPSA) is 125 Å². The Balaban J connectivity index is 1.25. The molecule has 0 saturated heterocycles. The summed E-state index contributed by atoms with van der Waals surface area (Å²) in [5.74, 6) is 0.159. The second-order valence-electron chi connectivity index (χ2n) is 9.62. The minimum atomic E-state index is 0.0698. The number of pyridine rings is 4. The number of hydrogen-bond donors (Lipinski definition) is 3. The van der Waals surface area contributed by atoms with Crippen molar-refractivity contribution in [1.82, 2.24) is 35.1 Å². The first-order chi connectivity index (χ1) is 18.7. The van der Waals surface area contributed by atoms with Crippen molar-refractivity contribution >= 4 is 33.5 Å². The zero-order chi connectivity index (χ0) is 25.5. The van der Waals surface area contributed by atoms with E-state index in [1.165, 1.54) is 0 Å². The van der Waals surface area contributed by atoms with E-state index in [0.717, 1.165) is 76.0 Å². The summed E-state index contributed by atoms with van der Waals surface area (Å²) in [6, 6.07) is 15.6. The van der Waals surface area contributed by atoms with Gasteiger partial charge in [-0.15, -0.1) is 0 Å². The van der Waals surface area contributed by atoms with E-state index in [1.54, 1.807) is 24.8 Å². The van der Waals surface area contributed by atoms with Gasteiger partial charge in [-0.2, -0.15) is 5.10 Å². The van der Waals surface area contributed by atoms with Crippen molar-refractivity contribution in [2.75, 3.05) is 5.32 Å². The van der Waals surface area contributed by atoms with Crippen LogP contribution in [0.25, 0.3) is 56.0 Å². The molecule has 0 radical (unpaired) electrons. The molecular formula is C29H24N8O. The minimum absolute atomic E-state index is 0.0698. The highest BCUT2D eigenvalue weighted by atomic mass is 16.1. The van der Waals surface area contributed by atoms with Crippen molar-refractivity contribution in [3.63, 3.8) is 0 Å². The largest absolute Gasteiger partial charge is 0.353 e. The van der Waals surface area contributed by atoms with Gasteiger partial charge in [0.2, 0.25) is 5.91 Å². The lowest BCUT2D eigenvalue weighted by Crippen LogP contribution is -2.20. The molecule has 1 aliphatic carbocycles. The maximum absolute atomic E-state index is 12.6. The van der Waals surface area contributed by atoms with Gasteiger partial charge < -0.3 is 10.3 Å². The first-order valence-corrected chi connectivity index (χ1v) is 12.7. The lowest BCUT2D eigenvalue weighted by atomic mass is 10.1. The van der Waals surface area contributed by atoms with E-state index in [0.29, 0.717) is 11.4 Å². The number of H-pyrrole nitrogens is 2. The van der Waals surface area contributed by atoms with E-state index < -0.39 is 0 Å². The Morgan fingerprint density at radius 3 is 2.68 bits per heavy atom. The molecule has 0 aromatic carbocycles. The summed E-state index contributed by atoms with van der Waals surface area (Å²) in [6.45, 7) is 0. The van der Waals surface area contributed by atoms with E-state index in [9.17, 15) is 4.79 Å². The van der Waals surface area contributed by atoms with Crippen LogP contribution in [-0.2, 0) is 4.79 Å². The van der Waals surface area contributed by atoms with Crippen LogP contribution in [0.15, 0.2) is 73.3 Å². The van der Waals surface area contributed by atoms with Crippen molar-refractivity contribution in [3.05, 3.63) is 73.3 Å². The number of aromatic amines is 2. The van der Waals surface area contributed by atoms with E-state index >= 15 is 0 Å². The predicted octanol–water partition coefficient (Wildman–Crippen LogP) is 5.75. The van der Waals surface area contributed by atoms with Gasteiger partial charge in [0.1, 0.15) is 11.2 Å². The first-order valence-electron chi connectivity index (χ1n) is 12.7. The highest BCUT2D eigenvalue weighted by Gasteiger charge is 2.23. The lowest BCUT2D eigenvalue weighted by Gasteiger charge is -2.11. The maximum atomic E-state index is 12.6. The third-order valence-electron chi connectivity index (χ3n) is 7.15. The van der Waals surface area contributed by atoms with E-state index in [1.807, 2.05) is 48.5 Å². The van der Waals surface area contributed by atoms with E-state index in [4.69, 9.17) is 4.98 Å². The van der Waals surface area contributed by atoms with Crippen LogP contribution in [0.4, 0.5) is 5.69 Å². The van der Waals surface area contributed by atoms with Gasteiger partial charge in [0.05, 0.1) is 40.2 Å². The summed E-state index contributed by atoms with van der Waals surface area (Å²) >= 11 is 0. The van der Waals surface area contributed by atoms with E-state index in [2.05, 4.69) is 35.5 Å². The van der Waals surface area contributed by atoms with Gasteiger partial charge in [-0.05, 0) is 55.3 Å². The Morgan fingerprint density at radius 1 is 0.895 bits per heavy atom. The fourth-order valence-electron chi connectivity index (χ4n) is 5.22. The molecule has 0 unspecified atom stereocenters. The molecule has 1 aliphatic rings. The Kier molecular flexibility index (Phi) is 5.39. The monoisotopic (exact) mass is 500 g/mol. The molecule has 3 N–H and O–H groups in total. The molecule has 6 heterocycles. The van der Waals surface area contributed by atoms with Crippen LogP contribution in [0.1, 0.15) is 25.7 Å². The lowest BCUT2D eigenvalue weighted by molar-refractivity contribution is -0.119. The smallest absolute Gasteiger partial charge is 0.227 e. The molecule has 6 aromatic heterocycles. The molecule has 0 spiro atoms.